The van der Waals surface area contributed by atoms with Gasteiger partial charge in [0.05, 0.1) is 22.4 Å². The molecule has 0 aliphatic heterocycles. The average Bonchev–Trinajstić information content (AvgIpc) is 4.02. The van der Waals surface area contributed by atoms with E-state index in [1.165, 1.54) is 44.2 Å². The van der Waals surface area contributed by atoms with Crippen LogP contribution in [-0.4, -0.2) is 14.5 Å². The van der Waals surface area contributed by atoms with Gasteiger partial charge in [-0.25, -0.2) is 9.97 Å². The first-order valence-corrected chi connectivity index (χ1v) is 27.0. The maximum Gasteiger partial charge on any atom is 0.160 e. The predicted molar refractivity (Wildman–Crippen MR) is 332 cm³/mol. The van der Waals surface area contributed by atoms with Crippen molar-refractivity contribution < 1.29 is 0 Å². The van der Waals surface area contributed by atoms with E-state index in [1.54, 1.807) is 0 Å². The van der Waals surface area contributed by atoms with Crippen molar-refractivity contribution in [2.45, 2.75) is 27.7 Å². The van der Waals surface area contributed by atoms with Crippen LogP contribution in [0.4, 0.5) is 34.1 Å². The SMILES string of the molecule is Cc1cccc(-c2cc(-c3ccc(-c4ccc(-c5cc(C)c(-n6c7ccc(N(c8ccccc8)c8ccccc8)cc7c7cc(N(c8ccccc8)c8ccccc8)ccc76)cc5C)cc4)cc3)nc(-c3cccc(C)c3)n2)c1. The predicted octanol–water partition coefficient (Wildman–Crippen LogP) is 20.1. The molecule has 0 spiro atoms. The van der Waals surface area contributed by atoms with Crippen LogP contribution in [0.2, 0.25) is 0 Å². The van der Waals surface area contributed by atoms with Gasteiger partial charge in [0.25, 0.3) is 0 Å². The average molecular weight is 1020 g/mol. The molecule has 0 aliphatic carbocycles. The van der Waals surface area contributed by atoms with Gasteiger partial charge >= 0.3 is 0 Å². The minimum Gasteiger partial charge on any atom is -0.310 e. The minimum atomic E-state index is 0.721. The van der Waals surface area contributed by atoms with Gasteiger partial charge in [-0.15, -0.1) is 0 Å². The summed E-state index contributed by atoms with van der Waals surface area (Å²) in [5.74, 6) is 0.721. The molecule has 0 saturated heterocycles. The van der Waals surface area contributed by atoms with Crippen LogP contribution in [0.15, 0.2) is 273 Å². The fourth-order valence-corrected chi connectivity index (χ4v) is 11.2. The molecule has 11 aromatic carbocycles. The Labute approximate surface area is 462 Å². The van der Waals surface area contributed by atoms with E-state index in [-0.39, 0.29) is 0 Å². The molecule has 13 rings (SSSR count). The molecule has 79 heavy (non-hydrogen) atoms. The van der Waals surface area contributed by atoms with Crippen LogP contribution in [0.25, 0.3) is 83.6 Å². The number of benzene rings is 11. The quantitative estimate of drug-likeness (QED) is 0.122. The summed E-state index contributed by atoms with van der Waals surface area (Å²) in [5.41, 5.74) is 24.4. The topological polar surface area (TPSA) is 37.2 Å². The van der Waals surface area contributed by atoms with Gasteiger partial charge in [0.15, 0.2) is 5.82 Å². The van der Waals surface area contributed by atoms with Crippen molar-refractivity contribution >= 4 is 55.9 Å². The van der Waals surface area contributed by atoms with Crippen molar-refractivity contribution in [2.75, 3.05) is 9.80 Å². The Kier molecular flexibility index (Phi) is 12.8. The molecule has 0 saturated carbocycles. The maximum absolute atomic E-state index is 5.12. The second-order valence-corrected chi connectivity index (χ2v) is 20.6. The van der Waals surface area contributed by atoms with Crippen LogP contribution < -0.4 is 9.80 Å². The normalized spacial score (nSPS) is 11.3. The van der Waals surface area contributed by atoms with E-state index in [0.717, 1.165) is 95.9 Å². The highest BCUT2D eigenvalue weighted by molar-refractivity contribution is 6.12. The summed E-state index contributed by atoms with van der Waals surface area (Å²) in [7, 11) is 0. The fourth-order valence-electron chi connectivity index (χ4n) is 11.2. The number of nitrogens with zero attached hydrogens (tertiary/aromatic N) is 5. The van der Waals surface area contributed by atoms with Crippen molar-refractivity contribution in [2.24, 2.45) is 0 Å². The van der Waals surface area contributed by atoms with E-state index in [9.17, 15) is 0 Å². The molecule has 0 N–H and O–H groups in total. The highest BCUT2D eigenvalue weighted by Crippen LogP contribution is 2.44. The minimum absolute atomic E-state index is 0.721. The summed E-state index contributed by atoms with van der Waals surface area (Å²) in [5, 5.41) is 2.35. The van der Waals surface area contributed by atoms with E-state index in [1.807, 2.05) is 0 Å². The number of rotatable bonds is 12. The molecule has 0 fully saturated rings. The number of hydrogen-bond acceptors (Lipinski definition) is 4. The molecule has 0 amide bonds. The van der Waals surface area contributed by atoms with Crippen LogP contribution in [0.1, 0.15) is 22.3 Å². The largest absolute Gasteiger partial charge is 0.310 e. The maximum atomic E-state index is 5.12. The lowest BCUT2D eigenvalue weighted by Gasteiger charge is -2.26. The third-order valence-electron chi connectivity index (χ3n) is 15.1. The molecule has 5 heteroatoms. The van der Waals surface area contributed by atoms with Gasteiger partial charge in [0.1, 0.15) is 0 Å². The summed E-state index contributed by atoms with van der Waals surface area (Å²) in [4.78, 5) is 14.9. The van der Waals surface area contributed by atoms with Gasteiger partial charge in [0.2, 0.25) is 0 Å². The summed E-state index contributed by atoms with van der Waals surface area (Å²) >= 11 is 0. The Balaban J connectivity index is 0.868. The molecule has 2 heterocycles. The zero-order chi connectivity index (χ0) is 53.4. The summed E-state index contributed by atoms with van der Waals surface area (Å²) in [6.45, 7) is 8.72. The van der Waals surface area contributed by atoms with Crippen LogP contribution >= 0.6 is 0 Å². The fraction of sp³-hybridized carbons (Fsp3) is 0.0541. The number of aryl methyl sites for hydroxylation is 4. The van der Waals surface area contributed by atoms with Crippen LogP contribution in [-0.2, 0) is 0 Å². The molecule has 0 unspecified atom stereocenters. The third kappa shape index (κ3) is 9.53. The zero-order valence-corrected chi connectivity index (χ0v) is 44.7. The van der Waals surface area contributed by atoms with Gasteiger partial charge in [-0.2, -0.15) is 0 Å². The number of hydrogen-bond donors (Lipinski definition) is 0. The molecule has 2 aromatic heterocycles. The third-order valence-corrected chi connectivity index (χ3v) is 15.1. The van der Waals surface area contributed by atoms with Gasteiger partial charge in [-0.05, 0) is 176 Å². The highest BCUT2D eigenvalue weighted by Gasteiger charge is 2.22. The number of para-hydroxylation sites is 4. The van der Waals surface area contributed by atoms with Gasteiger partial charge in [0, 0.05) is 67.3 Å². The van der Waals surface area contributed by atoms with Crippen molar-refractivity contribution in [3.63, 3.8) is 0 Å². The molecule has 0 bridgehead atoms. The van der Waals surface area contributed by atoms with E-state index in [4.69, 9.17) is 9.97 Å². The molecule has 378 valence electrons. The number of aromatic nitrogens is 3. The molecule has 0 aliphatic rings. The molecule has 13 aromatic rings. The van der Waals surface area contributed by atoms with E-state index < -0.39 is 0 Å². The highest BCUT2D eigenvalue weighted by atomic mass is 15.1. The molecular weight excluding hydrogens is 959 g/mol. The Hall–Kier alpha value is -10.1. The van der Waals surface area contributed by atoms with Crippen molar-refractivity contribution in [3.05, 3.63) is 295 Å². The zero-order valence-electron chi connectivity index (χ0n) is 44.7. The Morgan fingerprint density at radius 3 is 1.18 bits per heavy atom. The smallest absolute Gasteiger partial charge is 0.160 e. The molecule has 0 atom stereocenters. The summed E-state index contributed by atoms with van der Waals surface area (Å²) in [6.07, 6.45) is 0. The number of fused-ring (bicyclic) bond motifs is 3. The second-order valence-electron chi connectivity index (χ2n) is 20.6. The summed E-state index contributed by atoms with van der Waals surface area (Å²) < 4.78 is 2.47. The monoisotopic (exact) mass is 1020 g/mol. The van der Waals surface area contributed by atoms with Gasteiger partial charge in [-0.1, -0.05) is 169 Å². The van der Waals surface area contributed by atoms with Crippen LogP contribution in [0.5, 0.6) is 0 Å². The van der Waals surface area contributed by atoms with Crippen LogP contribution in [0, 0.1) is 27.7 Å². The number of anilines is 6. The van der Waals surface area contributed by atoms with E-state index in [0.29, 0.717) is 0 Å². The lowest BCUT2D eigenvalue weighted by atomic mass is 9.95. The van der Waals surface area contributed by atoms with E-state index >= 15 is 0 Å². The van der Waals surface area contributed by atoms with Crippen LogP contribution in [0.3, 0.4) is 0 Å². The Morgan fingerprint density at radius 1 is 0.291 bits per heavy atom. The summed E-state index contributed by atoms with van der Waals surface area (Å²) in [6, 6.07) is 98.1. The molecular formula is C74H57N5. The first kappa shape index (κ1) is 48.5. The van der Waals surface area contributed by atoms with Crippen molar-refractivity contribution in [3.8, 4) is 61.8 Å². The standard InChI is InChI=1S/C74H57N5/c1-50-19-17-21-58(43-50)70-49-69(75-74(76-70)59-22-18-20-51(2)44-59)57-37-33-55(34-38-57)54-31-35-56(36-32-54)66-45-53(4)73(46-52(66)3)79-71-41-39-64(77(60-23-9-5-10-24-60)61-25-11-6-12-26-61)47-67(71)68-48-65(40-42-72(68)79)78(62-27-13-7-14-28-62)63-29-15-8-16-30-63/h5-49H,1-4H3. The first-order valence-electron chi connectivity index (χ1n) is 27.0. The second kappa shape index (κ2) is 20.8. The van der Waals surface area contributed by atoms with Crippen molar-refractivity contribution in [1.29, 1.82) is 0 Å². The Morgan fingerprint density at radius 2 is 0.709 bits per heavy atom. The lowest BCUT2D eigenvalue weighted by Crippen LogP contribution is -2.09. The first-order chi connectivity index (χ1) is 38.8. The molecule has 0 radical (unpaired) electrons. The van der Waals surface area contributed by atoms with E-state index in [2.05, 4.69) is 315 Å². The lowest BCUT2D eigenvalue weighted by molar-refractivity contribution is 1.14. The van der Waals surface area contributed by atoms with Gasteiger partial charge in [-0.3, -0.25) is 0 Å². The Bertz CT molecular complexity index is 4040. The van der Waals surface area contributed by atoms with Crippen molar-refractivity contribution in [1.82, 2.24) is 14.5 Å². The van der Waals surface area contributed by atoms with Gasteiger partial charge < -0.3 is 14.4 Å². The molecule has 5 nitrogen and oxygen atoms in total.